The number of carbonyl (C=O) groups excluding carboxylic acids is 3. The first-order valence-electron chi connectivity index (χ1n) is 7.02. The van der Waals surface area contributed by atoms with Crippen molar-refractivity contribution in [1.29, 1.82) is 0 Å². The number of imide groups is 2. The van der Waals surface area contributed by atoms with E-state index in [-0.39, 0.29) is 22.0 Å². The molecule has 0 bridgehead atoms. The molecule has 1 aliphatic heterocycles. The number of nitrogens with zero attached hydrogens (tertiary/aromatic N) is 1. The Morgan fingerprint density at radius 3 is 2.32 bits per heavy atom. The fourth-order valence-corrected chi connectivity index (χ4v) is 2.58. The van der Waals surface area contributed by atoms with E-state index in [9.17, 15) is 19.5 Å². The number of aromatic hydroxyl groups is 1. The number of anilines is 1. The van der Waals surface area contributed by atoms with Crippen LogP contribution in [0.15, 0.2) is 48.0 Å². The Morgan fingerprint density at radius 2 is 1.68 bits per heavy atom. The molecule has 2 N–H and O–H groups in total. The van der Waals surface area contributed by atoms with Gasteiger partial charge in [-0.05, 0) is 48.0 Å². The molecular formula is C17H10Cl2N2O4. The third-order valence-corrected chi connectivity index (χ3v) is 4.02. The lowest BCUT2D eigenvalue weighted by atomic mass is 10.1. The van der Waals surface area contributed by atoms with Gasteiger partial charge in [-0.3, -0.25) is 14.9 Å². The normalized spacial score (nSPS) is 16.3. The van der Waals surface area contributed by atoms with E-state index in [0.717, 1.165) is 4.90 Å². The molecule has 25 heavy (non-hydrogen) atoms. The van der Waals surface area contributed by atoms with Crippen LogP contribution in [-0.4, -0.2) is 23.0 Å². The van der Waals surface area contributed by atoms with Gasteiger partial charge in [0.2, 0.25) is 0 Å². The fourth-order valence-electron chi connectivity index (χ4n) is 2.26. The molecule has 1 heterocycles. The van der Waals surface area contributed by atoms with Gasteiger partial charge in [-0.15, -0.1) is 0 Å². The molecule has 0 aliphatic carbocycles. The van der Waals surface area contributed by atoms with Crippen LogP contribution in [0.5, 0.6) is 5.75 Å². The summed E-state index contributed by atoms with van der Waals surface area (Å²) in [5.74, 6) is -1.72. The van der Waals surface area contributed by atoms with Crippen molar-refractivity contribution in [3.63, 3.8) is 0 Å². The van der Waals surface area contributed by atoms with Crippen molar-refractivity contribution >= 4 is 52.8 Å². The largest absolute Gasteiger partial charge is 0.506 e. The Balaban J connectivity index is 2.01. The first-order valence-corrected chi connectivity index (χ1v) is 7.78. The molecule has 0 unspecified atom stereocenters. The van der Waals surface area contributed by atoms with Crippen LogP contribution in [0.1, 0.15) is 5.56 Å². The molecule has 1 saturated heterocycles. The number of benzene rings is 2. The lowest BCUT2D eigenvalue weighted by Crippen LogP contribution is -2.54. The number of phenolic OH excluding ortho intramolecular Hbond substituents is 1. The molecule has 1 aliphatic rings. The molecule has 0 atom stereocenters. The standard InChI is InChI=1S/C17H10Cl2N2O4/c18-10-2-4-11(5-3-10)21-16(24)12(15(23)20-17(21)25)7-9-1-6-14(22)13(19)8-9/h1-8,22H,(H,20,23,25). The second-order valence-electron chi connectivity index (χ2n) is 5.15. The average Bonchev–Trinajstić information content (AvgIpc) is 2.56. The van der Waals surface area contributed by atoms with E-state index in [4.69, 9.17) is 23.2 Å². The topological polar surface area (TPSA) is 86.7 Å². The van der Waals surface area contributed by atoms with Gasteiger partial charge in [0.05, 0.1) is 10.7 Å². The number of rotatable bonds is 2. The van der Waals surface area contributed by atoms with Crippen LogP contribution in [0.2, 0.25) is 10.0 Å². The third kappa shape index (κ3) is 3.35. The summed E-state index contributed by atoms with van der Waals surface area (Å²) in [5.41, 5.74) is 0.456. The summed E-state index contributed by atoms with van der Waals surface area (Å²) in [7, 11) is 0. The van der Waals surface area contributed by atoms with Crippen LogP contribution in [0.3, 0.4) is 0 Å². The Labute approximate surface area is 152 Å². The number of urea groups is 1. The molecule has 2 aromatic rings. The molecule has 4 amide bonds. The Morgan fingerprint density at radius 1 is 1.00 bits per heavy atom. The second kappa shape index (κ2) is 6.58. The van der Waals surface area contributed by atoms with Gasteiger partial charge < -0.3 is 5.11 Å². The van der Waals surface area contributed by atoms with Gasteiger partial charge in [0, 0.05) is 5.02 Å². The molecule has 0 spiro atoms. The minimum absolute atomic E-state index is 0.0728. The molecule has 3 rings (SSSR count). The van der Waals surface area contributed by atoms with Crippen LogP contribution < -0.4 is 10.2 Å². The smallest absolute Gasteiger partial charge is 0.335 e. The highest BCUT2D eigenvalue weighted by molar-refractivity contribution is 6.39. The van der Waals surface area contributed by atoms with Crippen LogP contribution in [-0.2, 0) is 9.59 Å². The van der Waals surface area contributed by atoms with Gasteiger partial charge in [0.15, 0.2) is 0 Å². The number of hydrogen-bond acceptors (Lipinski definition) is 4. The molecule has 0 aromatic heterocycles. The lowest BCUT2D eigenvalue weighted by molar-refractivity contribution is -0.122. The second-order valence-corrected chi connectivity index (χ2v) is 5.99. The summed E-state index contributed by atoms with van der Waals surface area (Å²) < 4.78 is 0. The molecule has 1 fully saturated rings. The third-order valence-electron chi connectivity index (χ3n) is 3.47. The Hall–Kier alpha value is -2.83. The van der Waals surface area contributed by atoms with Crippen molar-refractivity contribution in [2.24, 2.45) is 0 Å². The van der Waals surface area contributed by atoms with E-state index in [2.05, 4.69) is 5.32 Å². The van der Waals surface area contributed by atoms with Crippen molar-refractivity contribution in [2.75, 3.05) is 4.90 Å². The summed E-state index contributed by atoms with van der Waals surface area (Å²) in [6, 6.07) is 9.40. The first kappa shape index (κ1) is 17.0. The molecule has 126 valence electrons. The van der Waals surface area contributed by atoms with E-state index in [1.165, 1.54) is 48.5 Å². The molecule has 6 nitrogen and oxygen atoms in total. The molecular weight excluding hydrogens is 367 g/mol. The number of carbonyl (C=O) groups is 3. The number of phenols is 1. The van der Waals surface area contributed by atoms with E-state index >= 15 is 0 Å². The van der Waals surface area contributed by atoms with Gasteiger partial charge in [-0.25, -0.2) is 9.69 Å². The predicted octanol–water partition coefficient (Wildman–Crippen LogP) is 3.37. The van der Waals surface area contributed by atoms with E-state index in [1.54, 1.807) is 0 Å². The monoisotopic (exact) mass is 376 g/mol. The molecule has 0 saturated carbocycles. The number of halogens is 2. The van der Waals surface area contributed by atoms with Crippen molar-refractivity contribution < 1.29 is 19.5 Å². The van der Waals surface area contributed by atoms with Gasteiger partial charge >= 0.3 is 6.03 Å². The zero-order valence-electron chi connectivity index (χ0n) is 12.5. The highest BCUT2D eigenvalue weighted by Crippen LogP contribution is 2.27. The van der Waals surface area contributed by atoms with Crippen molar-refractivity contribution in [2.45, 2.75) is 0 Å². The quantitative estimate of drug-likeness (QED) is 0.621. The Kier molecular flexibility index (Phi) is 4.48. The maximum absolute atomic E-state index is 12.6. The van der Waals surface area contributed by atoms with Crippen molar-refractivity contribution in [3.05, 3.63) is 63.6 Å². The number of hydrogen-bond donors (Lipinski definition) is 2. The van der Waals surface area contributed by atoms with Crippen LogP contribution >= 0.6 is 23.2 Å². The van der Waals surface area contributed by atoms with Gasteiger partial charge in [-0.1, -0.05) is 29.3 Å². The van der Waals surface area contributed by atoms with E-state index in [1.807, 2.05) is 0 Å². The fraction of sp³-hybridized carbons (Fsp3) is 0. The zero-order valence-corrected chi connectivity index (χ0v) is 14.0. The lowest BCUT2D eigenvalue weighted by Gasteiger charge is -2.26. The summed E-state index contributed by atoms with van der Waals surface area (Å²) in [5, 5.41) is 12.1. The number of amides is 4. The SMILES string of the molecule is O=C1NC(=O)N(c2ccc(Cl)cc2)C(=O)C1=Cc1ccc(O)c(Cl)c1. The van der Waals surface area contributed by atoms with Crippen LogP contribution in [0, 0.1) is 0 Å². The summed E-state index contributed by atoms with van der Waals surface area (Å²) >= 11 is 11.6. The maximum Gasteiger partial charge on any atom is 0.335 e. The average molecular weight is 377 g/mol. The zero-order chi connectivity index (χ0) is 18.1. The predicted molar refractivity (Wildman–Crippen MR) is 93.6 cm³/mol. The molecule has 2 aromatic carbocycles. The highest BCUT2D eigenvalue weighted by Gasteiger charge is 2.36. The van der Waals surface area contributed by atoms with Crippen LogP contribution in [0.4, 0.5) is 10.5 Å². The maximum atomic E-state index is 12.6. The number of barbiturate groups is 1. The van der Waals surface area contributed by atoms with Crippen molar-refractivity contribution in [1.82, 2.24) is 5.32 Å². The van der Waals surface area contributed by atoms with Crippen molar-refractivity contribution in [3.8, 4) is 5.75 Å². The highest BCUT2D eigenvalue weighted by atomic mass is 35.5. The summed E-state index contributed by atoms with van der Waals surface area (Å²) in [6.45, 7) is 0. The summed E-state index contributed by atoms with van der Waals surface area (Å²) in [6.07, 6.45) is 1.29. The van der Waals surface area contributed by atoms with Gasteiger partial charge in [-0.2, -0.15) is 0 Å². The van der Waals surface area contributed by atoms with E-state index < -0.39 is 17.8 Å². The number of nitrogens with one attached hydrogen (secondary N) is 1. The minimum atomic E-state index is -0.849. The molecule has 8 heteroatoms. The summed E-state index contributed by atoms with van der Waals surface area (Å²) in [4.78, 5) is 37.6. The Bertz CT molecular complexity index is 923. The van der Waals surface area contributed by atoms with Gasteiger partial charge in [0.25, 0.3) is 11.8 Å². The van der Waals surface area contributed by atoms with Crippen LogP contribution in [0.25, 0.3) is 6.08 Å². The van der Waals surface area contributed by atoms with Gasteiger partial charge in [0.1, 0.15) is 11.3 Å². The molecule has 0 radical (unpaired) electrons. The first-order chi connectivity index (χ1) is 11.9. The van der Waals surface area contributed by atoms with E-state index in [0.29, 0.717) is 10.6 Å². The minimum Gasteiger partial charge on any atom is -0.506 e.